The molecule has 434 valence electrons. The number of pyridine rings is 1. The number of nitrogens with zero attached hydrogens (tertiary/aromatic N) is 5. The Balaban J connectivity index is 0.865. The molecule has 1 spiro atoms. The van der Waals surface area contributed by atoms with Crippen molar-refractivity contribution in [2.45, 2.75) is 33.1 Å². The van der Waals surface area contributed by atoms with Gasteiger partial charge in [-0.3, -0.25) is 0 Å². The van der Waals surface area contributed by atoms with E-state index in [1.54, 1.807) is 0 Å². The summed E-state index contributed by atoms with van der Waals surface area (Å²) in [6.07, 6.45) is 2.05. The molecule has 2 aromatic heterocycles. The quantitative estimate of drug-likeness (QED) is 0.137. The minimum atomic E-state index is -0.768. The number of hydrogen-bond acceptors (Lipinski definition) is 4. The molecule has 4 heterocycles. The van der Waals surface area contributed by atoms with Crippen molar-refractivity contribution in [3.05, 3.63) is 346 Å². The van der Waals surface area contributed by atoms with Crippen molar-refractivity contribution >= 4 is 45.3 Å². The fourth-order valence-corrected chi connectivity index (χ4v) is 15.2. The van der Waals surface area contributed by atoms with Gasteiger partial charge in [-0.2, -0.15) is 0 Å². The van der Waals surface area contributed by atoms with E-state index < -0.39 is 5.41 Å². The SMILES string of the molecule is Cc1cc(N2c3ccccc3C3(c4ccccc4N(c4cc(C)c(C)c(C)c4)c4ccccc43)c3ccc(Oc4cccc(-n5[c](=[Pt])n(-c6c(-c7ccccc7)cccc6-c6ccccc6)c6ccccc65)c4)cc32)ncc1-c1ccc(-c2ccccc2)cc1. The van der Waals surface area contributed by atoms with Crippen LogP contribution in [0.4, 0.5) is 34.3 Å². The van der Waals surface area contributed by atoms with Crippen LogP contribution in [-0.4, -0.2) is 14.1 Å². The molecule has 0 fully saturated rings. The van der Waals surface area contributed by atoms with Gasteiger partial charge in [0, 0.05) is 17.4 Å². The second-order valence-electron chi connectivity index (χ2n) is 23.6. The van der Waals surface area contributed by atoms with Crippen molar-refractivity contribution in [1.82, 2.24) is 14.1 Å². The number of para-hydroxylation sites is 6. The van der Waals surface area contributed by atoms with E-state index in [4.69, 9.17) is 9.72 Å². The summed E-state index contributed by atoms with van der Waals surface area (Å²) in [5.41, 5.74) is 27.8. The van der Waals surface area contributed by atoms with Gasteiger partial charge in [0.15, 0.2) is 0 Å². The number of benzene rings is 12. The van der Waals surface area contributed by atoms with Gasteiger partial charge in [0.25, 0.3) is 0 Å². The van der Waals surface area contributed by atoms with E-state index in [0.717, 1.165) is 105 Å². The van der Waals surface area contributed by atoms with Gasteiger partial charge in [-0.15, -0.1) is 0 Å². The van der Waals surface area contributed by atoms with Gasteiger partial charge in [-0.05, 0) is 90.9 Å². The van der Waals surface area contributed by atoms with E-state index in [1.807, 2.05) is 6.20 Å². The molecule has 2 aliphatic rings. The molecular weight excluding hydrogens is 1280 g/mol. The second-order valence-corrected chi connectivity index (χ2v) is 24.6. The Kier molecular flexibility index (Phi) is 13.5. The number of aromatic nitrogens is 3. The molecule has 16 rings (SSSR count). The maximum absolute atomic E-state index is 7.26. The van der Waals surface area contributed by atoms with Crippen LogP contribution in [0.5, 0.6) is 11.5 Å². The van der Waals surface area contributed by atoms with Crippen LogP contribution in [0, 0.1) is 31.5 Å². The predicted molar refractivity (Wildman–Crippen MR) is 366 cm³/mol. The van der Waals surface area contributed by atoms with E-state index in [0.29, 0.717) is 11.5 Å². The monoisotopic (exact) mass is 1340 g/mol. The zero-order chi connectivity index (χ0) is 60.6. The van der Waals surface area contributed by atoms with Crippen molar-refractivity contribution in [1.29, 1.82) is 0 Å². The summed E-state index contributed by atoms with van der Waals surface area (Å²) in [5, 5.41) is 0. The first-order valence-electron chi connectivity index (χ1n) is 30.7. The van der Waals surface area contributed by atoms with Gasteiger partial charge in [0.1, 0.15) is 0 Å². The van der Waals surface area contributed by atoms with Gasteiger partial charge in [-0.25, -0.2) is 0 Å². The van der Waals surface area contributed by atoms with Crippen LogP contribution in [-0.2, 0) is 24.8 Å². The van der Waals surface area contributed by atoms with Crippen molar-refractivity contribution in [2.24, 2.45) is 0 Å². The molecule has 0 amide bonds. The molecule has 14 aromatic rings. The molecule has 6 nitrogen and oxygen atoms in total. The third-order valence-electron chi connectivity index (χ3n) is 18.5. The molecular formula is C83H61N5OPt. The van der Waals surface area contributed by atoms with Gasteiger partial charge in [0.2, 0.25) is 0 Å². The third-order valence-corrected chi connectivity index (χ3v) is 19.5. The zero-order valence-electron chi connectivity index (χ0n) is 50.3. The number of aryl methyl sites for hydroxylation is 3. The molecule has 0 saturated heterocycles. The topological polar surface area (TPSA) is 38.5 Å². The Morgan fingerprint density at radius 3 is 1.40 bits per heavy atom. The Hall–Kier alpha value is -10.7. The summed E-state index contributed by atoms with van der Waals surface area (Å²) < 4.78 is 13.1. The molecule has 0 bridgehead atoms. The molecule has 0 unspecified atom stereocenters. The van der Waals surface area contributed by atoms with Gasteiger partial charge >= 0.3 is 306 Å². The van der Waals surface area contributed by atoms with Gasteiger partial charge < -0.3 is 4.90 Å². The number of fused-ring (bicyclic) bond motifs is 9. The molecule has 0 N–H and O–H groups in total. The van der Waals surface area contributed by atoms with E-state index in [-0.39, 0.29) is 0 Å². The van der Waals surface area contributed by atoms with Crippen LogP contribution in [0.1, 0.15) is 44.5 Å². The number of rotatable bonds is 10. The average molecular weight is 1340 g/mol. The number of hydrogen-bond donors (Lipinski definition) is 0. The standard InChI is InChI=1S/C83H61N5O.Pt/c1-55-48-65(49-56(2)58(55)4)87-75-37-17-14-34-71(75)83(72-35-15-18-38-76(72)87)73-36-16-19-39-77(73)88(81-50-57(3)70(53-84-81)63-44-42-60(43-45-63)59-24-8-5-9-25-59)80-52-67(46-47-74(80)83)89-66-31-22-30-64(51-66)85-54-86(79-41-21-20-40-78(79)85)82-68(61-26-10-6-11-27-61)32-23-33-69(82)62-28-12-7-13-29-62;/h5-53H,1-4H3;. The first kappa shape index (κ1) is 54.7. The summed E-state index contributed by atoms with van der Waals surface area (Å²) in [4.78, 5) is 10.3. The van der Waals surface area contributed by atoms with Crippen LogP contribution in [0.2, 0.25) is 0 Å². The minimum Gasteiger partial charge on any atom is -0.0622 e. The van der Waals surface area contributed by atoms with E-state index in [1.165, 1.54) is 44.5 Å². The number of imidazole rings is 1. The average Bonchev–Trinajstić information content (AvgIpc) is 0.807. The molecule has 0 aliphatic carbocycles. The molecule has 7 heteroatoms. The number of ether oxygens (including phenoxy) is 1. The number of anilines is 6. The second kappa shape index (κ2) is 22.2. The Labute approximate surface area is 535 Å². The molecule has 2 aliphatic heterocycles. The van der Waals surface area contributed by atoms with E-state index in [9.17, 15) is 0 Å². The molecule has 90 heavy (non-hydrogen) atoms. The predicted octanol–water partition coefficient (Wildman–Crippen LogP) is 21.5. The fourth-order valence-electron chi connectivity index (χ4n) is 14.1. The zero-order valence-corrected chi connectivity index (χ0v) is 52.5. The minimum absolute atomic E-state index is 0.702. The van der Waals surface area contributed by atoms with Crippen LogP contribution >= 0.6 is 0 Å². The third kappa shape index (κ3) is 8.88. The summed E-state index contributed by atoms with van der Waals surface area (Å²) in [5.74, 6) is 2.23. The summed E-state index contributed by atoms with van der Waals surface area (Å²) in [6, 6.07) is 105. The van der Waals surface area contributed by atoms with Crippen LogP contribution in [0.15, 0.2) is 297 Å². The van der Waals surface area contributed by atoms with E-state index >= 15 is 0 Å². The molecule has 0 atom stereocenters. The molecule has 0 radical (unpaired) electrons. The summed E-state index contributed by atoms with van der Waals surface area (Å²) >= 11 is 2.52. The fraction of sp³-hybridized carbons (Fsp3) is 0.0602. The smallest absolute Gasteiger partial charge is 0.0622 e. The molecule has 0 saturated carbocycles. The Morgan fingerprint density at radius 2 is 0.811 bits per heavy atom. The normalized spacial score (nSPS) is 12.8. The maximum atomic E-state index is 7.26. The van der Waals surface area contributed by atoms with Crippen LogP contribution < -0.4 is 14.5 Å². The first-order valence-corrected chi connectivity index (χ1v) is 31.8. The van der Waals surface area contributed by atoms with E-state index in [2.05, 4.69) is 357 Å². The van der Waals surface area contributed by atoms with Crippen molar-refractivity contribution < 1.29 is 24.1 Å². The summed E-state index contributed by atoms with van der Waals surface area (Å²) in [7, 11) is 0. The first-order chi connectivity index (χ1) is 44.2. The van der Waals surface area contributed by atoms with Gasteiger partial charge in [-0.1, -0.05) is 109 Å². The Bertz CT molecular complexity index is 5060. The van der Waals surface area contributed by atoms with Crippen LogP contribution in [0.25, 0.3) is 66.9 Å². The summed E-state index contributed by atoms with van der Waals surface area (Å²) in [6.45, 7) is 8.88. The van der Waals surface area contributed by atoms with Crippen molar-refractivity contribution in [3.63, 3.8) is 0 Å². The van der Waals surface area contributed by atoms with Crippen molar-refractivity contribution in [2.75, 3.05) is 9.80 Å². The van der Waals surface area contributed by atoms with Gasteiger partial charge in [0.05, 0.1) is 11.4 Å². The molecule has 12 aromatic carbocycles. The van der Waals surface area contributed by atoms with Crippen molar-refractivity contribution in [3.8, 4) is 67.4 Å². The Morgan fingerprint density at radius 1 is 0.344 bits per heavy atom. The van der Waals surface area contributed by atoms with Crippen LogP contribution in [0.3, 0.4) is 0 Å².